The third kappa shape index (κ3) is 4.34. The summed E-state index contributed by atoms with van der Waals surface area (Å²) in [5, 5.41) is 2.86. The zero-order valence-corrected chi connectivity index (χ0v) is 16.1. The molecular weight excluding hydrogens is 340 g/mol. The van der Waals surface area contributed by atoms with Crippen molar-refractivity contribution in [1.82, 2.24) is 15.3 Å². The van der Waals surface area contributed by atoms with E-state index in [0.29, 0.717) is 29.5 Å². The maximum atomic E-state index is 12.7. The Labute approximate surface area is 159 Å². The molecule has 2 aromatic heterocycles. The summed E-state index contributed by atoms with van der Waals surface area (Å²) < 4.78 is 5.27. The normalized spacial score (nSPS) is 10.9. The molecule has 0 bridgehead atoms. The van der Waals surface area contributed by atoms with E-state index in [-0.39, 0.29) is 11.9 Å². The Balaban J connectivity index is 1.93. The minimum absolute atomic E-state index is 0.182. The molecule has 0 atom stereocenters. The molecule has 0 radical (unpaired) electrons. The number of nitrogens with one attached hydrogen (secondary N) is 1. The van der Waals surface area contributed by atoms with Crippen LogP contribution in [0.2, 0.25) is 0 Å². The number of amides is 1. The third-order valence-electron chi connectivity index (χ3n) is 4.40. The van der Waals surface area contributed by atoms with Crippen LogP contribution in [0.5, 0.6) is 0 Å². The molecule has 3 aromatic rings. The van der Waals surface area contributed by atoms with Crippen LogP contribution < -0.4 is 10.2 Å². The number of benzene rings is 1. The Kier molecular flexibility index (Phi) is 5.54. The van der Waals surface area contributed by atoms with Crippen molar-refractivity contribution < 1.29 is 9.21 Å². The number of hydrogen-bond donors (Lipinski definition) is 1. The summed E-state index contributed by atoms with van der Waals surface area (Å²) in [6.45, 7) is 6.45. The van der Waals surface area contributed by atoms with Gasteiger partial charge in [-0.3, -0.25) is 4.79 Å². The summed E-state index contributed by atoms with van der Waals surface area (Å²) in [5.74, 6) is 1.67. The molecule has 0 spiro atoms. The first-order valence-electron chi connectivity index (χ1n) is 8.93. The van der Waals surface area contributed by atoms with Crippen LogP contribution in [-0.2, 0) is 6.54 Å². The van der Waals surface area contributed by atoms with E-state index >= 15 is 0 Å². The predicted octanol–water partition coefficient (Wildman–Crippen LogP) is 3.82. The van der Waals surface area contributed by atoms with Crippen LogP contribution in [0.1, 0.15) is 35.5 Å². The minimum atomic E-state index is -0.232. The van der Waals surface area contributed by atoms with E-state index in [2.05, 4.69) is 24.1 Å². The minimum Gasteiger partial charge on any atom is -0.467 e. The monoisotopic (exact) mass is 364 g/mol. The fraction of sp³-hybridized carbons (Fsp3) is 0.286. The molecule has 0 fully saturated rings. The lowest BCUT2D eigenvalue weighted by molar-refractivity contribution is 0.0948. The molecular formula is C21H24N4O2. The summed E-state index contributed by atoms with van der Waals surface area (Å²) in [6.07, 6.45) is 3.18. The van der Waals surface area contributed by atoms with E-state index in [9.17, 15) is 4.79 Å². The Hall–Kier alpha value is -3.15. The zero-order valence-electron chi connectivity index (χ0n) is 16.1. The highest BCUT2D eigenvalue weighted by Gasteiger charge is 2.20. The molecule has 1 aromatic carbocycles. The smallest absolute Gasteiger partial charge is 0.256 e. The van der Waals surface area contributed by atoms with Gasteiger partial charge in [-0.1, -0.05) is 23.8 Å². The highest BCUT2D eigenvalue weighted by molar-refractivity contribution is 5.98. The first-order chi connectivity index (χ1) is 13.0. The number of nitrogens with zero attached hydrogens (tertiary/aromatic N) is 3. The lowest BCUT2D eigenvalue weighted by Crippen LogP contribution is -2.31. The molecule has 0 saturated heterocycles. The van der Waals surface area contributed by atoms with E-state index in [4.69, 9.17) is 9.40 Å². The maximum Gasteiger partial charge on any atom is 0.256 e. The maximum absolute atomic E-state index is 12.7. The molecule has 0 aliphatic rings. The van der Waals surface area contributed by atoms with Crippen molar-refractivity contribution in [2.45, 2.75) is 33.4 Å². The summed E-state index contributed by atoms with van der Waals surface area (Å²) in [4.78, 5) is 23.8. The number of aryl methyl sites for hydroxylation is 1. The average molecular weight is 364 g/mol. The van der Waals surface area contributed by atoms with E-state index in [0.717, 1.165) is 11.1 Å². The molecule has 0 saturated carbocycles. The van der Waals surface area contributed by atoms with Gasteiger partial charge in [-0.15, -0.1) is 0 Å². The largest absolute Gasteiger partial charge is 0.467 e. The van der Waals surface area contributed by atoms with Crippen molar-refractivity contribution >= 4 is 11.7 Å². The topological polar surface area (TPSA) is 71.3 Å². The molecule has 27 heavy (non-hydrogen) atoms. The Bertz CT molecular complexity index is 920. The van der Waals surface area contributed by atoms with E-state index in [1.165, 1.54) is 0 Å². The van der Waals surface area contributed by atoms with Gasteiger partial charge in [0.05, 0.1) is 12.8 Å². The van der Waals surface area contributed by atoms with Gasteiger partial charge >= 0.3 is 0 Å². The average Bonchev–Trinajstić information content (AvgIpc) is 3.18. The fourth-order valence-electron chi connectivity index (χ4n) is 2.65. The highest BCUT2D eigenvalue weighted by Crippen LogP contribution is 2.23. The van der Waals surface area contributed by atoms with E-state index in [1.54, 1.807) is 18.5 Å². The van der Waals surface area contributed by atoms with Crippen molar-refractivity contribution in [2.75, 3.05) is 11.9 Å². The predicted molar refractivity (Wildman–Crippen MR) is 106 cm³/mol. The quantitative estimate of drug-likeness (QED) is 0.720. The Morgan fingerprint density at radius 3 is 2.74 bits per heavy atom. The highest BCUT2D eigenvalue weighted by atomic mass is 16.3. The van der Waals surface area contributed by atoms with Gasteiger partial charge < -0.3 is 14.6 Å². The first kappa shape index (κ1) is 18.6. The van der Waals surface area contributed by atoms with Crippen LogP contribution in [0.25, 0.3) is 11.4 Å². The van der Waals surface area contributed by atoms with Crippen LogP contribution in [0, 0.1) is 6.92 Å². The van der Waals surface area contributed by atoms with Gasteiger partial charge in [0, 0.05) is 24.8 Å². The van der Waals surface area contributed by atoms with Gasteiger partial charge in [0.2, 0.25) is 0 Å². The second-order valence-corrected chi connectivity index (χ2v) is 6.77. The van der Waals surface area contributed by atoms with Gasteiger partial charge in [0.15, 0.2) is 5.82 Å². The third-order valence-corrected chi connectivity index (χ3v) is 4.40. The second-order valence-electron chi connectivity index (χ2n) is 6.77. The Morgan fingerprint density at radius 1 is 1.26 bits per heavy atom. The number of furan rings is 1. The molecule has 140 valence electrons. The molecule has 2 heterocycles. The molecule has 6 heteroatoms. The van der Waals surface area contributed by atoms with Gasteiger partial charge in [-0.2, -0.15) is 0 Å². The van der Waals surface area contributed by atoms with Crippen molar-refractivity contribution in [1.29, 1.82) is 0 Å². The SMILES string of the molecule is Cc1cccc(-c2ncc(C(=O)NCc3ccco3)c(N(C)C(C)C)n2)c1. The number of carbonyl (C=O) groups is 1. The number of carbonyl (C=O) groups excluding carboxylic acids is 1. The number of anilines is 1. The van der Waals surface area contributed by atoms with Crippen LogP contribution in [0.15, 0.2) is 53.3 Å². The van der Waals surface area contributed by atoms with Crippen molar-refractivity contribution in [2.24, 2.45) is 0 Å². The standard InChI is InChI=1S/C21H24N4O2/c1-14(2)25(4)20-18(21(26)23-12-17-9-6-10-27-17)13-22-19(24-20)16-8-5-7-15(3)11-16/h5-11,13-14H,12H2,1-4H3,(H,23,26). The second kappa shape index (κ2) is 8.03. The van der Waals surface area contributed by atoms with Gasteiger partial charge in [-0.25, -0.2) is 9.97 Å². The summed E-state index contributed by atoms with van der Waals surface area (Å²) >= 11 is 0. The first-order valence-corrected chi connectivity index (χ1v) is 8.93. The van der Waals surface area contributed by atoms with E-state index < -0.39 is 0 Å². The molecule has 6 nitrogen and oxygen atoms in total. The van der Waals surface area contributed by atoms with Crippen LogP contribution >= 0.6 is 0 Å². The lowest BCUT2D eigenvalue weighted by atomic mass is 10.1. The summed E-state index contributed by atoms with van der Waals surface area (Å²) in [5.41, 5.74) is 2.50. The van der Waals surface area contributed by atoms with E-state index in [1.807, 2.05) is 49.2 Å². The lowest BCUT2D eigenvalue weighted by Gasteiger charge is -2.25. The molecule has 0 unspecified atom stereocenters. The molecule has 0 aliphatic carbocycles. The number of hydrogen-bond acceptors (Lipinski definition) is 5. The van der Waals surface area contributed by atoms with Crippen LogP contribution in [0.4, 0.5) is 5.82 Å². The van der Waals surface area contributed by atoms with Gasteiger partial charge in [0.25, 0.3) is 5.91 Å². The zero-order chi connectivity index (χ0) is 19.4. The Morgan fingerprint density at radius 2 is 2.07 bits per heavy atom. The van der Waals surface area contributed by atoms with Crippen LogP contribution in [0.3, 0.4) is 0 Å². The van der Waals surface area contributed by atoms with Crippen LogP contribution in [-0.4, -0.2) is 29.0 Å². The van der Waals surface area contributed by atoms with Gasteiger partial charge in [-0.05, 0) is 39.0 Å². The van der Waals surface area contributed by atoms with Crippen molar-refractivity contribution in [3.05, 3.63) is 65.7 Å². The van der Waals surface area contributed by atoms with Crippen molar-refractivity contribution in [3.63, 3.8) is 0 Å². The summed E-state index contributed by atoms with van der Waals surface area (Å²) in [7, 11) is 1.93. The molecule has 0 aliphatic heterocycles. The molecule has 1 amide bonds. The molecule has 1 N–H and O–H groups in total. The van der Waals surface area contributed by atoms with Gasteiger partial charge in [0.1, 0.15) is 17.1 Å². The molecule has 3 rings (SSSR count). The number of aromatic nitrogens is 2. The summed E-state index contributed by atoms with van der Waals surface area (Å²) in [6, 6.07) is 11.8. The number of rotatable bonds is 6. The fourth-order valence-corrected chi connectivity index (χ4v) is 2.65. The van der Waals surface area contributed by atoms with Crippen molar-refractivity contribution in [3.8, 4) is 11.4 Å².